The van der Waals surface area contributed by atoms with E-state index >= 15 is 0 Å². The lowest BCUT2D eigenvalue weighted by molar-refractivity contribution is -0.130. The van der Waals surface area contributed by atoms with Crippen LogP contribution in [0.5, 0.6) is 0 Å². The number of hydrogen-bond acceptors (Lipinski definition) is 2. The van der Waals surface area contributed by atoms with Crippen LogP contribution < -0.4 is 5.32 Å². The first-order valence-electron chi connectivity index (χ1n) is 8.65. The van der Waals surface area contributed by atoms with Gasteiger partial charge in [-0.25, -0.2) is 0 Å². The summed E-state index contributed by atoms with van der Waals surface area (Å²) in [7, 11) is 0. The van der Waals surface area contributed by atoms with Gasteiger partial charge in [0.1, 0.15) is 0 Å². The Bertz CT molecular complexity index is 360. The van der Waals surface area contributed by atoms with Crippen molar-refractivity contribution in [2.75, 3.05) is 13.1 Å². The van der Waals surface area contributed by atoms with E-state index in [4.69, 9.17) is 0 Å². The minimum atomic E-state index is -0.145. The molecule has 2 fully saturated rings. The average molecular weight is 294 g/mol. The van der Waals surface area contributed by atoms with Crippen molar-refractivity contribution < 1.29 is 9.59 Å². The van der Waals surface area contributed by atoms with E-state index in [1.54, 1.807) is 0 Å². The Morgan fingerprint density at radius 2 is 1.81 bits per heavy atom. The summed E-state index contributed by atoms with van der Waals surface area (Å²) < 4.78 is 0. The molecule has 4 nitrogen and oxygen atoms in total. The number of nitrogens with zero attached hydrogens (tertiary/aromatic N) is 1. The maximum Gasteiger partial charge on any atom is 0.225 e. The van der Waals surface area contributed by atoms with Crippen molar-refractivity contribution in [1.29, 1.82) is 0 Å². The summed E-state index contributed by atoms with van der Waals surface area (Å²) in [6.07, 6.45) is 9.50. The lowest BCUT2D eigenvalue weighted by Crippen LogP contribution is -2.37. The Morgan fingerprint density at radius 3 is 2.38 bits per heavy atom. The van der Waals surface area contributed by atoms with Crippen LogP contribution in [0.2, 0.25) is 0 Å². The highest BCUT2D eigenvalue weighted by Crippen LogP contribution is 2.23. The molecule has 21 heavy (non-hydrogen) atoms. The molecule has 1 N–H and O–H groups in total. The van der Waals surface area contributed by atoms with E-state index in [1.165, 1.54) is 44.9 Å². The van der Waals surface area contributed by atoms with Crippen molar-refractivity contribution >= 4 is 11.8 Å². The molecule has 0 radical (unpaired) electrons. The van der Waals surface area contributed by atoms with Crippen molar-refractivity contribution in [3.8, 4) is 0 Å². The number of amides is 2. The van der Waals surface area contributed by atoms with Crippen molar-refractivity contribution in [3.05, 3.63) is 0 Å². The van der Waals surface area contributed by atoms with E-state index in [0.29, 0.717) is 18.9 Å². The number of likely N-dealkylation sites (tertiary alicyclic amines) is 1. The fourth-order valence-corrected chi connectivity index (χ4v) is 3.54. The zero-order chi connectivity index (χ0) is 15.2. The second kappa shape index (κ2) is 7.81. The number of carbonyl (C=O) groups excluding carboxylic acids is 2. The molecule has 120 valence electrons. The standard InChI is InChI=1S/C17H30N2O2/c1-13(2)19-12-15(10-16(19)20)17(21)18-11-14-8-6-4-3-5-7-9-14/h13-15H,3-12H2,1-2H3,(H,18,21). The van der Waals surface area contributed by atoms with Crippen LogP contribution in [0.3, 0.4) is 0 Å². The van der Waals surface area contributed by atoms with E-state index in [0.717, 1.165) is 6.54 Å². The van der Waals surface area contributed by atoms with Gasteiger partial charge in [0.25, 0.3) is 0 Å². The number of nitrogens with one attached hydrogen (secondary N) is 1. The molecule has 1 aliphatic carbocycles. The highest BCUT2D eigenvalue weighted by atomic mass is 16.2. The van der Waals surface area contributed by atoms with E-state index in [1.807, 2.05) is 18.7 Å². The van der Waals surface area contributed by atoms with Crippen molar-refractivity contribution in [3.63, 3.8) is 0 Å². The molecule has 4 heteroatoms. The largest absolute Gasteiger partial charge is 0.356 e. The molecule has 0 bridgehead atoms. The number of hydrogen-bond donors (Lipinski definition) is 1. The molecule has 2 aliphatic rings. The van der Waals surface area contributed by atoms with Gasteiger partial charge in [-0.3, -0.25) is 9.59 Å². The van der Waals surface area contributed by atoms with E-state index in [2.05, 4.69) is 5.32 Å². The molecule has 1 atom stereocenters. The van der Waals surface area contributed by atoms with Gasteiger partial charge in [0.15, 0.2) is 0 Å². The first-order valence-corrected chi connectivity index (χ1v) is 8.65. The van der Waals surface area contributed by atoms with Crippen LogP contribution in [-0.2, 0) is 9.59 Å². The minimum Gasteiger partial charge on any atom is -0.356 e. The van der Waals surface area contributed by atoms with Crippen LogP contribution in [0.4, 0.5) is 0 Å². The molecule has 1 unspecified atom stereocenters. The summed E-state index contributed by atoms with van der Waals surface area (Å²) in [6.45, 7) is 5.40. The zero-order valence-electron chi connectivity index (χ0n) is 13.6. The van der Waals surface area contributed by atoms with Gasteiger partial charge < -0.3 is 10.2 Å². The van der Waals surface area contributed by atoms with Crippen LogP contribution >= 0.6 is 0 Å². The van der Waals surface area contributed by atoms with Crippen LogP contribution in [-0.4, -0.2) is 35.8 Å². The number of carbonyl (C=O) groups is 2. The molecule has 0 aromatic heterocycles. The maximum atomic E-state index is 12.3. The van der Waals surface area contributed by atoms with Gasteiger partial charge in [0.2, 0.25) is 11.8 Å². The van der Waals surface area contributed by atoms with Gasteiger partial charge >= 0.3 is 0 Å². The Balaban J connectivity index is 1.75. The fraction of sp³-hybridized carbons (Fsp3) is 0.882. The molecule has 0 aromatic rings. The second-order valence-corrected chi connectivity index (χ2v) is 7.00. The van der Waals surface area contributed by atoms with Crippen LogP contribution in [0.25, 0.3) is 0 Å². The Kier molecular flexibility index (Phi) is 6.07. The molecule has 0 aromatic carbocycles. The van der Waals surface area contributed by atoms with Gasteiger partial charge in [-0.2, -0.15) is 0 Å². The van der Waals surface area contributed by atoms with Crippen LogP contribution in [0.1, 0.15) is 65.2 Å². The number of rotatable bonds is 4. The monoisotopic (exact) mass is 294 g/mol. The van der Waals surface area contributed by atoms with E-state index < -0.39 is 0 Å². The summed E-state index contributed by atoms with van der Waals surface area (Å²) in [5.74, 6) is 0.686. The van der Waals surface area contributed by atoms with Gasteiger partial charge in [0, 0.05) is 25.6 Å². The van der Waals surface area contributed by atoms with Gasteiger partial charge in [-0.05, 0) is 32.6 Å². The topological polar surface area (TPSA) is 49.4 Å². The highest BCUT2D eigenvalue weighted by Gasteiger charge is 2.35. The molecule has 0 spiro atoms. The smallest absolute Gasteiger partial charge is 0.225 e. The van der Waals surface area contributed by atoms with Crippen molar-refractivity contribution in [2.45, 2.75) is 71.3 Å². The molecular weight excluding hydrogens is 264 g/mol. The molecule has 2 amide bonds. The lowest BCUT2D eigenvalue weighted by Gasteiger charge is -2.22. The maximum absolute atomic E-state index is 12.3. The van der Waals surface area contributed by atoms with Crippen LogP contribution in [0.15, 0.2) is 0 Å². The zero-order valence-corrected chi connectivity index (χ0v) is 13.6. The molecule has 2 rings (SSSR count). The van der Waals surface area contributed by atoms with Gasteiger partial charge in [-0.1, -0.05) is 32.1 Å². The highest BCUT2D eigenvalue weighted by molar-refractivity contribution is 5.89. The summed E-state index contributed by atoms with van der Waals surface area (Å²) in [5, 5.41) is 3.10. The third-order valence-corrected chi connectivity index (χ3v) is 4.94. The van der Waals surface area contributed by atoms with Gasteiger partial charge in [0.05, 0.1) is 5.92 Å². The van der Waals surface area contributed by atoms with Crippen LogP contribution in [0, 0.1) is 11.8 Å². The molecule has 1 heterocycles. The van der Waals surface area contributed by atoms with Crippen molar-refractivity contribution in [1.82, 2.24) is 10.2 Å². The summed E-state index contributed by atoms with van der Waals surface area (Å²) in [6, 6.07) is 0.195. The molecule has 1 saturated heterocycles. The predicted molar refractivity (Wildman–Crippen MR) is 83.8 cm³/mol. The third kappa shape index (κ3) is 4.72. The SMILES string of the molecule is CC(C)N1CC(C(=O)NCC2CCCCCCC2)CC1=O. The molecule has 1 saturated carbocycles. The minimum absolute atomic E-state index is 0.0774. The first-order chi connectivity index (χ1) is 10.1. The Morgan fingerprint density at radius 1 is 1.19 bits per heavy atom. The normalized spacial score (nSPS) is 25.0. The summed E-state index contributed by atoms with van der Waals surface area (Å²) in [5.41, 5.74) is 0. The summed E-state index contributed by atoms with van der Waals surface area (Å²) in [4.78, 5) is 26.0. The van der Waals surface area contributed by atoms with Gasteiger partial charge in [-0.15, -0.1) is 0 Å². The quantitative estimate of drug-likeness (QED) is 0.866. The van der Waals surface area contributed by atoms with E-state index in [-0.39, 0.29) is 23.8 Å². The molecule has 1 aliphatic heterocycles. The summed E-state index contributed by atoms with van der Waals surface area (Å²) >= 11 is 0. The lowest BCUT2D eigenvalue weighted by atomic mass is 9.91. The predicted octanol–water partition coefficient (Wildman–Crippen LogP) is 2.72. The Labute approximate surface area is 128 Å². The average Bonchev–Trinajstić information content (AvgIpc) is 2.79. The molecular formula is C17H30N2O2. The Hall–Kier alpha value is -1.06. The third-order valence-electron chi connectivity index (χ3n) is 4.94. The van der Waals surface area contributed by atoms with Crippen molar-refractivity contribution in [2.24, 2.45) is 11.8 Å². The first kappa shape index (κ1) is 16.3. The van der Waals surface area contributed by atoms with E-state index in [9.17, 15) is 9.59 Å². The fourth-order valence-electron chi connectivity index (χ4n) is 3.54. The second-order valence-electron chi connectivity index (χ2n) is 7.00.